The van der Waals surface area contributed by atoms with E-state index >= 15 is 0 Å². The molecular weight excluding hydrogens is 287 g/mol. The molecular formula is C17H24ClFN2. The van der Waals surface area contributed by atoms with Gasteiger partial charge in [-0.15, -0.1) is 0 Å². The Hall–Kier alpha value is -0.640. The number of piperazine rings is 1. The van der Waals surface area contributed by atoms with Crippen molar-refractivity contribution in [3.8, 4) is 0 Å². The molecule has 0 aromatic heterocycles. The van der Waals surface area contributed by atoms with Crippen LogP contribution in [0.2, 0.25) is 5.02 Å². The van der Waals surface area contributed by atoms with Crippen LogP contribution >= 0.6 is 11.6 Å². The van der Waals surface area contributed by atoms with E-state index in [0.717, 1.165) is 19.0 Å². The summed E-state index contributed by atoms with van der Waals surface area (Å²) in [5.74, 6) is 1.17. The molecule has 0 bridgehead atoms. The maximum absolute atomic E-state index is 14.1. The smallest absolute Gasteiger partial charge is 0.129 e. The van der Waals surface area contributed by atoms with Gasteiger partial charge in [-0.1, -0.05) is 31.5 Å². The molecule has 2 nitrogen and oxygen atoms in total. The molecule has 2 fully saturated rings. The number of nitrogens with one attached hydrogen (secondary N) is 1. The second-order valence-corrected chi connectivity index (χ2v) is 7.20. The quantitative estimate of drug-likeness (QED) is 0.912. The highest BCUT2D eigenvalue weighted by Gasteiger charge is 2.38. The molecule has 0 spiro atoms. The summed E-state index contributed by atoms with van der Waals surface area (Å²) in [4.78, 5) is 2.43. The first-order valence-corrected chi connectivity index (χ1v) is 8.34. The normalized spacial score (nSPS) is 27.3. The SMILES string of the molecule is CC(C)C1CNC(C2CC2)CN1Cc1c(F)cccc1Cl. The molecule has 21 heavy (non-hydrogen) atoms. The summed E-state index contributed by atoms with van der Waals surface area (Å²) in [6.07, 6.45) is 2.66. The minimum Gasteiger partial charge on any atom is -0.311 e. The first kappa shape index (κ1) is 15.3. The van der Waals surface area contributed by atoms with Crippen LogP contribution in [0, 0.1) is 17.7 Å². The van der Waals surface area contributed by atoms with Crippen molar-refractivity contribution in [3.63, 3.8) is 0 Å². The molecule has 4 heteroatoms. The van der Waals surface area contributed by atoms with Gasteiger partial charge in [0, 0.05) is 42.3 Å². The lowest BCUT2D eigenvalue weighted by Crippen LogP contribution is -2.58. The van der Waals surface area contributed by atoms with Crippen molar-refractivity contribution in [2.75, 3.05) is 13.1 Å². The Morgan fingerprint density at radius 2 is 2.14 bits per heavy atom. The number of rotatable bonds is 4. The topological polar surface area (TPSA) is 15.3 Å². The van der Waals surface area contributed by atoms with Gasteiger partial charge in [-0.05, 0) is 36.8 Å². The first-order valence-electron chi connectivity index (χ1n) is 7.96. The largest absolute Gasteiger partial charge is 0.311 e. The van der Waals surface area contributed by atoms with Crippen LogP contribution in [-0.2, 0) is 6.54 Å². The number of benzene rings is 1. The van der Waals surface area contributed by atoms with Crippen LogP contribution in [0.4, 0.5) is 4.39 Å². The van der Waals surface area contributed by atoms with Crippen LogP contribution in [0.15, 0.2) is 18.2 Å². The fourth-order valence-electron chi connectivity index (χ4n) is 3.39. The molecule has 0 radical (unpaired) electrons. The number of hydrogen-bond acceptors (Lipinski definition) is 2. The van der Waals surface area contributed by atoms with Gasteiger partial charge in [-0.3, -0.25) is 4.90 Å². The number of nitrogens with zero attached hydrogens (tertiary/aromatic N) is 1. The second-order valence-electron chi connectivity index (χ2n) is 6.79. The molecule has 2 aliphatic rings. The van der Waals surface area contributed by atoms with Gasteiger partial charge in [0.15, 0.2) is 0 Å². The van der Waals surface area contributed by atoms with E-state index < -0.39 is 0 Å². The average molecular weight is 311 g/mol. The molecule has 0 amide bonds. The molecule has 1 aromatic carbocycles. The third kappa shape index (κ3) is 3.41. The van der Waals surface area contributed by atoms with Gasteiger partial charge in [0.2, 0.25) is 0 Å². The Kier molecular flexibility index (Phi) is 4.53. The van der Waals surface area contributed by atoms with Crippen LogP contribution in [0.3, 0.4) is 0 Å². The van der Waals surface area contributed by atoms with E-state index in [4.69, 9.17) is 11.6 Å². The van der Waals surface area contributed by atoms with Crippen molar-refractivity contribution in [2.45, 2.75) is 45.3 Å². The molecule has 2 atom stereocenters. The molecule has 1 aliphatic heterocycles. The van der Waals surface area contributed by atoms with E-state index in [1.54, 1.807) is 12.1 Å². The molecule has 3 rings (SSSR count). The van der Waals surface area contributed by atoms with E-state index in [9.17, 15) is 4.39 Å². The molecule has 116 valence electrons. The molecule has 1 heterocycles. The predicted molar refractivity (Wildman–Crippen MR) is 85.0 cm³/mol. The van der Waals surface area contributed by atoms with Crippen LogP contribution in [0.25, 0.3) is 0 Å². The first-order chi connectivity index (χ1) is 10.1. The van der Waals surface area contributed by atoms with E-state index in [0.29, 0.717) is 35.1 Å². The third-order valence-corrected chi connectivity index (χ3v) is 5.23. The Labute approximate surface area is 131 Å². The van der Waals surface area contributed by atoms with Crippen molar-refractivity contribution in [2.24, 2.45) is 11.8 Å². The van der Waals surface area contributed by atoms with Gasteiger partial charge in [0.1, 0.15) is 5.82 Å². The van der Waals surface area contributed by atoms with E-state index in [2.05, 4.69) is 24.1 Å². The van der Waals surface area contributed by atoms with Gasteiger partial charge in [0.25, 0.3) is 0 Å². The highest BCUT2D eigenvalue weighted by Crippen LogP contribution is 2.35. The molecule has 1 saturated heterocycles. The van der Waals surface area contributed by atoms with Crippen molar-refractivity contribution in [1.29, 1.82) is 0 Å². The van der Waals surface area contributed by atoms with Crippen LogP contribution in [0.5, 0.6) is 0 Å². The van der Waals surface area contributed by atoms with Crippen LogP contribution in [0.1, 0.15) is 32.3 Å². The summed E-state index contributed by atoms with van der Waals surface area (Å²) in [5.41, 5.74) is 0.640. The molecule has 1 aliphatic carbocycles. The minimum absolute atomic E-state index is 0.188. The Bertz CT molecular complexity index is 481. The van der Waals surface area contributed by atoms with Crippen molar-refractivity contribution < 1.29 is 4.39 Å². The zero-order valence-electron chi connectivity index (χ0n) is 12.8. The predicted octanol–water partition coefficient (Wildman–Crippen LogP) is 3.69. The Morgan fingerprint density at radius 1 is 1.38 bits per heavy atom. The van der Waals surface area contributed by atoms with Gasteiger partial charge in [-0.2, -0.15) is 0 Å². The minimum atomic E-state index is -0.188. The maximum Gasteiger partial charge on any atom is 0.129 e. The lowest BCUT2D eigenvalue weighted by Gasteiger charge is -2.43. The molecule has 1 saturated carbocycles. The zero-order valence-corrected chi connectivity index (χ0v) is 13.5. The van der Waals surface area contributed by atoms with Crippen LogP contribution < -0.4 is 5.32 Å². The average Bonchev–Trinajstić information content (AvgIpc) is 3.27. The third-order valence-electron chi connectivity index (χ3n) is 4.87. The van der Waals surface area contributed by atoms with Crippen LogP contribution in [-0.4, -0.2) is 30.1 Å². The highest BCUT2D eigenvalue weighted by molar-refractivity contribution is 6.31. The van der Waals surface area contributed by atoms with E-state index in [1.165, 1.54) is 18.9 Å². The highest BCUT2D eigenvalue weighted by atomic mass is 35.5. The standard InChI is InChI=1S/C17H24ClFN2/c1-11(2)17-8-20-16(12-6-7-12)10-21(17)9-13-14(18)4-3-5-15(13)19/h3-5,11-12,16-17,20H,6-10H2,1-2H3. The summed E-state index contributed by atoms with van der Waals surface area (Å²) in [5, 5.41) is 4.23. The van der Waals surface area contributed by atoms with Gasteiger partial charge in [-0.25, -0.2) is 4.39 Å². The molecule has 1 N–H and O–H groups in total. The Morgan fingerprint density at radius 3 is 2.76 bits per heavy atom. The van der Waals surface area contributed by atoms with E-state index in [-0.39, 0.29) is 5.82 Å². The van der Waals surface area contributed by atoms with Crippen molar-refractivity contribution in [3.05, 3.63) is 34.6 Å². The van der Waals surface area contributed by atoms with Gasteiger partial charge in [0.05, 0.1) is 0 Å². The van der Waals surface area contributed by atoms with Crippen molar-refractivity contribution >= 4 is 11.6 Å². The summed E-state index contributed by atoms with van der Waals surface area (Å²) < 4.78 is 14.1. The fourth-order valence-corrected chi connectivity index (χ4v) is 3.62. The van der Waals surface area contributed by atoms with Gasteiger partial charge < -0.3 is 5.32 Å². The second kappa shape index (κ2) is 6.23. The number of hydrogen-bond donors (Lipinski definition) is 1. The monoisotopic (exact) mass is 310 g/mol. The zero-order chi connectivity index (χ0) is 15.0. The summed E-state index contributed by atoms with van der Waals surface area (Å²) in [6, 6.07) is 5.96. The Balaban J connectivity index is 1.78. The van der Waals surface area contributed by atoms with Gasteiger partial charge >= 0.3 is 0 Å². The fraction of sp³-hybridized carbons (Fsp3) is 0.647. The molecule has 2 unspecified atom stereocenters. The summed E-state index contributed by atoms with van der Waals surface area (Å²) in [6.45, 7) is 7.07. The lowest BCUT2D eigenvalue weighted by molar-refractivity contribution is 0.0842. The van der Waals surface area contributed by atoms with E-state index in [1.807, 2.05) is 0 Å². The molecule has 1 aromatic rings. The van der Waals surface area contributed by atoms with Crippen molar-refractivity contribution in [1.82, 2.24) is 10.2 Å². The number of halogens is 2. The lowest BCUT2D eigenvalue weighted by atomic mass is 9.96. The summed E-state index contributed by atoms with van der Waals surface area (Å²) >= 11 is 6.21. The summed E-state index contributed by atoms with van der Waals surface area (Å²) in [7, 11) is 0. The maximum atomic E-state index is 14.1.